The number of nitrogens with one attached hydrogen (secondary N) is 2. The highest BCUT2D eigenvalue weighted by Gasteiger charge is 2.34. The van der Waals surface area contributed by atoms with Crippen molar-refractivity contribution in [2.75, 3.05) is 13.2 Å². The number of aromatic nitrogens is 3. The Labute approximate surface area is 191 Å². The zero-order valence-corrected chi connectivity index (χ0v) is 19.5. The maximum atomic E-state index is 13.1. The van der Waals surface area contributed by atoms with Gasteiger partial charge in [-0.3, -0.25) is 9.59 Å². The molecule has 1 aliphatic heterocycles. The number of carbonyl (C=O) groups is 2. The quantitative estimate of drug-likeness (QED) is 0.437. The molecule has 33 heavy (non-hydrogen) atoms. The first-order valence-electron chi connectivity index (χ1n) is 11.5. The molecule has 10 heteroatoms. The van der Waals surface area contributed by atoms with Crippen molar-refractivity contribution in [1.29, 1.82) is 0 Å². The van der Waals surface area contributed by atoms with Crippen LogP contribution >= 0.6 is 0 Å². The van der Waals surface area contributed by atoms with E-state index in [0.717, 1.165) is 12.8 Å². The highest BCUT2D eigenvalue weighted by molar-refractivity contribution is 5.96. The Morgan fingerprint density at radius 1 is 1.36 bits per heavy atom. The summed E-state index contributed by atoms with van der Waals surface area (Å²) in [6, 6.07) is 0.0142. The Bertz CT molecular complexity index is 1160. The molecule has 10 nitrogen and oxygen atoms in total. The molecule has 0 radical (unpaired) electrons. The minimum absolute atomic E-state index is 0.0319. The first-order chi connectivity index (χ1) is 15.7. The lowest BCUT2D eigenvalue weighted by atomic mass is 10.2. The Morgan fingerprint density at radius 2 is 2.09 bits per heavy atom. The second kappa shape index (κ2) is 9.01. The highest BCUT2D eigenvalue weighted by atomic mass is 16.5. The molecule has 0 bridgehead atoms. The molecule has 2 atom stereocenters. The van der Waals surface area contributed by atoms with Crippen LogP contribution in [0, 0.1) is 5.92 Å². The third kappa shape index (κ3) is 4.66. The third-order valence-corrected chi connectivity index (χ3v) is 5.95. The first kappa shape index (κ1) is 23.0. The molecule has 3 heterocycles. The molecule has 0 unspecified atom stereocenters. The zero-order chi connectivity index (χ0) is 23.9. The van der Waals surface area contributed by atoms with Crippen LogP contribution in [0.4, 0.5) is 0 Å². The number of amides is 2. The van der Waals surface area contributed by atoms with E-state index < -0.39 is 11.5 Å². The van der Waals surface area contributed by atoms with Crippen molar-refractivity contribution >= 4 is 23.5 Å². The van der Waals surface area contributed by atoms with Crippen molar-refractivity contribution in [3.63, 3.8) is 0 Å². The normalized spacial score (nSPS) is 21.3. The number of hydrogen-bond acceptors (Lipinski definition) is 5. The molecule has 2 fully saturated rings. The maximum absolute atomic E-state index is 13.1. The number of ether oxygens (including phenoxy) is 1. The molecule has 2 aromatic heterocycles. The van der Waals surface area contributed by atoms with Crippen LogP contribution in [0.3, 0.4) is 0 Å². The van der Waals surface area contributed by atoms with Gasteiger partial charge in [-0.05, 0) is 38.7 Å². The number of fused-ring (bicyclic) bond motifs is 1. The van der Waals surface area contributed by atoms with E-state index in [9.17, 15) is 19.5 Å². The van der Waals surface area contributed by atoms with Crippen LogP contribution in [0.1, 0.15) is 56.5 Å². The molecule has 1 aliphatic carbocycles. The summed E-state index contributed by atoms with van der Waals surface area (Å²) in [6.07, 6.45) is 6.39. The predicted octanol–water partition coefficient (Wildman–Crippen LogP) is 0.818. The van der Waals surface area contributed by atoms with Gasteiger partial charge in [-0.25, -0.2) is 9.89 Å². The van der Waals surface area contributed by atoms with Crippen molar-refractivity contribution in [1.82, 2.24) is 19.8 Å². The van der Waals surface area contributed by atoms with Crippen LogP contribution in [0.2, 0.25) is 0 Å². The van der Waals surface area contributed by atoms with E-state index in [0.29, 0.717) is 30.9 Å². The van der Waals surface area contributed by atoms with Gasteiger partial charge in [0.15, 0.2) is 0 Å². The van der Waals surface area contributed by atoms with Crippen molar-refractivity contribution in [2.24, 2.45) is 5.92 Å². The second-order valence-electron chi connectivity index (χ2n) is 9.46. The molecular formula is C23H32N5O5+. The predicted molar refractivity (Wildman–Crippen MR) is 121 cm³/mol. The van der Waals surface area contributed by atoms with Crippen LogP contribution < -0.4 is 15.4 Å². The van der Waals surface area contributed by atoms with E-state index in [4.69, 9.17) is 4.74 Å². The summed E-state index contributed by atoms with van der Waals surface area (Å²) in [5, 5.41) is 16.6. The van der Waals surface area contributed by atoms with E-state index in [1.54, 1.807) is 21.7 Å². The monoisotopic (exact) mass is 458 g/mol. The van der Waals surface area contributed by atoms with Gasteiger partial charge in [-0.2, -0.15) is 4.57 Å². The van der Waals surface area contributed by atoms with Crippen molar-refractivity contribution in [2.45, 2.75) is 65.3 Å². The molecular weight excluding hydrogens is 426 g/mol. The molecule has 2 amide bonds. The largest absolute Gasteiger partial charge is 0.477 e. The minimum Gasteiger partial charge on any atom is -0.477 e. The van der Waals surface area contributed by atoms with E-state index in [2.05, 4.69) is 10.4 Å². The Hall–Kier alpha value is -3.14. The smallest absolute Gasteiger partial charge is 0.378 e. The van der Waals surface area contributed by atoms with Gasteiger partial charge in [0.05, 0.1) is 37.1 Å². The van der Waals surface area contributed by atoms with Crippen LogP contribution in [-0.2, 0) is 16.1 Å². The van der Waals surface area contributed by atoms with Crippen molar-refractivity contribution in [3.8, 4) is 5.88 Å². The summed E-state index contributed by atoms with van der Waals surface area (Å²) >= 11 is 0. The minimum atomic E-state index is -0.637. The summed E-state index contributed by atoms with van der Waals surface area (Å²) < 4.78 is 8.38. The molecule has 4 rings (SSSR count). The van der Waals surface area contributed by atoms with E-state index in [1.807, 2.05) is 27.7 Å². The van der Waals surface area contributed by atoms with Gasteiger partial charge in [-0.15, -0.1) is 0 Å². The average Bonchev–Trinajstić information content (AvgIpc) is 3.46. The standard InChI is InChI=1S/C23H31N5O5/c1-13(2)10-27-21-16(5-8-18(29)26-11-15(4)33-12-14(26)3)9-24-28(21)23(32)19(22(27)31)20(30)25-17-6-7-17/h5,8-9,13-15,17H,6-7,10-12H2,1-4H3,(H2,25,30,31,32)/p+1/b8-5+/t14-,15+/m0/s1. The SMILES string of the molecule is CC(C)C[n+]1c(O)c(C(=O)NC2CC2)c(=O)n2[nH]cc(/C=C/C(=O)N3C[C@@H](C)OC[C@@H]3C)c21. The van der Waals surface area contributed by atoms with Crippen molar-refractivity contribution < 1.29 is 24.0 Å². The number of aromatic amines is 1. The third-order valence-electron chi connectivity index (χ3n) is 5.95. The molecule has 1 saturated heterocycles. The van der Waals surface area contributed by atoms with Crippen LogP contribution in [0.25, 0.3) is 11.7 Å². The van der Waals surface area contributed by atoms with E-state index in [1.165, 1.54) is 10.6 Å². The summed E-state index contributed by atoms with van der Waals surface area (Å²) in [4.78, 5) is 40.4. The van der Waals surface area contributed by atoms with Gasteiger partial charge in [0.25, 0.3) is 5.91 Å². The van der Waals surface area contributed by atoms with Gasteiger partial charge in [-0.1, -0.05) is 18.4 Å². The molecule has 2 aliphatic rings. The number of nitrogens with zero attached hydrogens (tertiary/aromatic N) is 3. The summed E-state index contributed by atoms with van der Waals surface area (Å²) in [5.41, 5.74) is 0.0213. The average molecular weight is 459 g/mol. The Morgan fingerprint density at radius 3 is 2.76 bits per heavy atom. The van der Waals surface area contributed by atoms with Crippen LogP contribution in [0.5, 0.6) is 5.88 Å². The Kier molecular flexibility index (Phi) is 6.29. The fourth-order valence-corrected chi connectivity index (χ4v) is 4.07. The summed E-state index contributed by atoms with van der Waals surface area (Å²) in [7, 11) is 0. The lowest BCUT2D eigenvalue weighted by molar-refractivity contribution is -0.686. The van der Waals surface area contributed by atoms with Crippen LogP contribution in [-0.4, -0.2) is 62.8 Å². The van der Waals surface area contributed by atoms with Gasteiger partial charge >= 0.3 is 17.1 Å². The molecule has 0 aromatic carbocycles. The van der Waals surface area contributed by atoms with Gasteiger partial charge in [0.2, 0.25) is 11.5 Å². The number of morpholine rings is 1. The van der Waals surface area contributed by atoms with Gasteiger partial charge in [0.1, 0.15) is 0 Å². The highest BCUT2D eigenvalue weighted by Crippen LogP contribution is 2.21. The summed E-state index contributed by atoms with van der Waals surface area (Å²) in [6.45, 7) is 9.18. The molecule has 2 aromatic rings. The number of H-pyrrole nitrogens is 1. The van der Waals surface area contributed by atoms with Crippen molar-refractivity contribution in [3.05, 3.63) is 33.8 Å². The number of hydrogen-bond donors (Lipinski definition) is 3. The second-order valence-corrected chi connectivity index (χ2v) is 9.46. The lowest BCUT2D eigenvalue weighted by Gasteiger charge is -2.36. The Balaban J connectivity index is 1.74. The van der Waals surface area contributed by atoms with Gasteiger partial charge in [0, 0.05) is 18.7 Å². The summed E-state index contributed by atoms with van der Waals surface area (Å²) in [5.74, 6) is -0.975. The van der Waals surface area contributed by atoms with Crippen LogP contribution in [0.15, 0.2) is 17.1 Å². The lowest BCUT2D eigenvalue weighted by Crippen LogP contribution is -2.49. The molecule has 1 saturated carbocycles. The fraction of sp³-hybridized carbons (Fsp3) is 0.565. The number of carbonyl (C=O) groups excluding carboxylic acids is 2. The topological polar surface area (TPSA) is 120 Å². The molecule has 178 valence electrons. The van der Waals surface area contributed by atoms with E-state index in [-0.39, 0.29) is 41.5 Å². The maximum Gasteiger partial charge on any atom is 0.378 e. The van der Waals surface area contributed by atoms with Gasteiger partial charge < -0.3 is 20.1 Å². The number of rotatable bonds is 6. The van der Waals surface area contributed by atoms with E-state index >= 15 is 0 Å². The fourth-order valence-electron chi connectivity index (χ4n) is 4.07. The number of aromatic hydroxyl groups is 1. The molecule has 3 N–H and O–H groups in total. The molecule has 0 spiro atoms. The zero-order valence-electron chi connectivity index (χ0n) is 19.5. The first-order valence-corrected chi connectivity index (χ1v) is 11.5.